The van der Waals surface area contributed by atoms with E-state index in [-0.39, 0.29) is 0 Å². The van der Waals surface area contributed by atoms with Gasteiger partial charge < -0.3 is 14.8 Å². The van der Waals surface area contributed by atoms with E-state index in [9.17, 15) is 4.79 Å². The van der Waals surface area contributed by atoms with E-state index in [4.69, 9.17) is 16.6 Å². The van der Waals surface area contributed by atoms with E-state index in [1.54, 1.807) is 4.90 Å². The van der Waals surface area contributed by atoms with Gasteiger partial charge >= 0.3 is 0 Å². The zero-order valence-electron chi connectivity index (χ0n) is 12.9. The molecule has 3 heterocycles. The summed E-state index contributed by atoms with van der Waals surface area (Å²) in [5.74, 6) is 1.51. The molecule has 24 heavy (non-hydrogen) atoms. The Morgan fingerprint density at radius 3 is 2.58 bits per heavy atom. The third kappa shape index (κ3) is 2.69. The first-order valence-corrected chi connectivity index (χ1v) is 8.18. The maximum atomic E-state index is 10.8. The molecule has 2 aromatic heterocycles. The fraction of sp³-hybridized carbons (Fsp3) is 0.235. The van der Waals surface area contributed by atoms with Gasteiger partial charge in [0.15, 0.2) is 5.82 Å². The van der Waals surface area contributed by atoms with Crippen molar-refractivity contribution in [1.29, 1.82) is 0 Å². The maximum Gasteiger partial charge on any atom is 0.209 e. The van der Waals surface area contributed by atoms with Crippen molar-refractivity contribution in [3.05, 3.63) is 41.4 Å². The predicted octanol–water partition coefficient (Wildman–Crippen LogP) is 2.56. The molecule has 1 fully saturated rings. The van der Waals surface area contributed by atoms with E-state index in [0.717, 1.165) is 36.4 Å². The number of benzene rings is 1. The van der Waals surface area contributed by atoms with Crippen molar-refractivity contribution >= 4 is 34.9 Å². The number of imidazole rings is 1. The summed E-state index contributed by atoms with van der Waals surface area (Å²) in [6, 6.07) is 11.6. The minimum atomic E-state index is 0.560. The summed E-state index contributed by atoms with van der Waals surface area (Å²) < 4.78 is 0. The van der Waals surface area contributed by atoms with Gasteiger partial charge in [0.25, 0.3) is 0 Å². The normalized spacial score (nSPS) is 15.0. The number of piperazine rings is 1. The average Bonchev–Trinajstić information content (AvgIpc) is 3.06. The number of anilines is 1. The van der Waals surface area contributed by atoms with Crippen molar-refractivity contribution < 1.29 is 4.79 Å². The molecule has 1 amide bonds. The molecule has 1 aliphatic heterocycles. The van der Waals surface area contributed by atoms with Crippen LogP contribution in [0.2, 0.25) is 5.02 Å². The minimum Gasteiger partial charge on any atom is -0.353 e. The zero-order chi connectivity index (χ0) is 16.5. The van der Waals surface area contributed by atoms with Gasteiger partial charge in [0.2, 0.25) is 6.41 Å². The van der Waals surface area contributed by atoms with Crippen LogP contribution in [-0.4, -0.2) is 52.4 Å². The van der Waals surface area contributed by atoms with E-state index in [1.165, 1.54) is 0 Å². The standard InChI is InChI=1S/C17H16ClN5O/c18-12-5-6-15(23-9-7-22(11-24)8-10-23)21-16(12)17-19-13-3-1-2-4-14(13)20-17/h1-6,11H,7-10H2,(H,19,20). The number of nitrogens with zero attached hydrogens (tertiary/aromatic N) is 4. The van der Waals surface area contributed by atoms with Crippen LogP contribution in [0.15, 0.2) is 36.4 Å². The smallest absolute Gasteiger partial charge is 0.209 e. The topological polar surface area (TPSA) is 65.1 Å². The number of nitrogens with one attached hydrogen (secondary N) is 1. The van der Waals surface area contributed by atoms with E-state index in [0.29, 0.717) is 29.6 Å². The lowest BCUT2D eigenvalue weighted by Gasteiger charge is -2.33. The summed E-state index contributed by atoms with van der Waals surface area (Å²) >= 11 is 6.35. The number of aromatic amines is 1. The highest BCUT2D eigenvalue weighted by molar-refractivity contribution is 6.33. The van der Waals surface area contributed by atoms with Crippen molar-refractivity contribution in [2.24, 2.45) is 0 Å². The predicted molar refractivity (Wildman–Crippen MR) is 94.2 cm³/mol. The number of carbonyl (C=O) groups excluding carboxylic acids is 1. The molecule has 4 rings (SSSR count). The van der Waals surface area contributed by atoms with Crippen molar-refractivity contribution in [1.82, 2.24) is 19.9 Å². The fourth-order valence-corrected chi connectivity index (χ4v) is 3.09. The van der Waals surface area contributed by atoms with Gasteiger partial charge in [-0.2, -0.15) is 0 Å². The Morgan fingerprint density at radius 2 is 1.83 bits per heavy atom. The Labute approximate surface area is 144 Å². The summed E-state index contributed by atoms with van der Waals surface area (Å²) in [6.45, 7) is 2.92. The maximum absolute atomic E-state index is 10.8. The molecule has 1 aliphatic rings. The first-order valence-electron chi connectivity index (χ1n) is 7.80. The van der Waals surface area contributed by atoms with Crippen molar-refractivity contribution in [3.8, 4) is 11.5 Å². The van der Waals surface area contributed by atoms with Crippen LogP contribution in [0.25, 0.3) is 22.6 Å². The number of hydrogen-bond donors (Lipinski definition) is 1. The molecule has 0 unspecified atom stereocenters. The Morgan fingerprint density at radius 1 is 1.04 bits per heavy atom. The van der Waals surface area contributed by atoms with Gasteiger partial charge in [-0.25, -0.2) is 9.97 Å². The van der Waals surface area contributed by atoms with Crippen molar-refractivity contribution in [2.75, 3.05) is 31.1 Å². The number of aromatic nitrogens is 3. The van der Waals surface area contributed by atoms with Crippen LogP contribution in [0, 0.1) is 0 Å². The van der Waals surface area contributed by atoms with Crippen LogP contribution in [-0.2, 0) is 4.79 Å². The zero-order valence-corrected chi connectivity index (χ0v) is 13.7. The summed E-state index contributed by atoms with van der Waals surface area (Å²) in [7, 11) is 0. The summed E-state index contributed by atoms with van der Waals surface area (Å²) in [6.07, 6.45) is 0.895. The number of rotatable bonds is 3. The van der Waals surface area contributed by atoms with E-state index < -0.39 is 0 Å². The van der Waals surface area contributed by atoms with Crippen molar-refractivity contribution in [3.63, 3.8) is 0 Å². The molecule has 0 radical (unpaired) electrons. The van der Waals surface area contributed by atoms with Crippen molar-refractivity contribution in [2.45, 2.75) is 0 Å². The lowest BCUT2D eigenvalue weighted by molar-refractivity contribution is -0.118. The van der Waals surface area contributed by atoms with E-state index in [1.807, 2.05) is 36.4 Å². The van der Waals surface area contributed by atoms with Crippen LogP contribution in [0.4, 0.5) is 5.82 Å². The molecule has 6 nitrogen and oxygen atoms in total. The molecule has 122 valence electrons. The molecule has 3 aromatic rings. The highest BCUT2D eigenvalue weighted by Crippen LogP contribution is 2.28. The van der Waals surface area contributed by atoms with Crippen LogP contribution in [0.5, 0.6) is 0 Å². The molecule has 0 saturated carbocycles. The fourth-order valence-electron chi connectivity index (χ4n) is 2.90. The molecule has 1 aromatic carbocycles. The number of fused-ring (bicyclic) bond motifs is 1. The SMILES string of the molecule is O=CN1CCN(c2ccc(Cl)c(-c3nc4ccccc4[nH]3)n2)CC1. The molecular weight excluding hydrogens is 326 g/mol. The molecule has 7 heteroatoms. The number of pyridine rings is 1. The molecule has 0 atom stereocenters. The summed E-state index contributed by atoms with van der Waals surface area (Å²) in [4.78, 5) is 27.3. The number of carbonyl (C=O) groups is 1. The monoisotopic (exact) mass is 341 g/mol. The van der Waals surface area contributed by atoms with E-state index >= 15 is 0 Å². The molecule has 1 N–H and O–H groups in total. The molecule has 1 saturated heterocycles. The Kier molecular flexibility index (Phi) is 3.82. The third-order valence-corrected chi connectivity index (χ3v) is 4.54. The second kappa shape index (κ2) is 6.13. The quantitative estimate of drug-likeness (QED) is 0.744. The van der Waals surface area contributed by atoms with Gasteiger partial charge in [-0.15, -0.1) is 0 Å². The van der Waals surface area contributed by atoms with Crippen LogP contribution in [0.3, 0.4) is 0 Å². The molecule has 0 spiro atoms. The molecule has 0 bridgehead atoms. The van der Waals surface area contributed by atoms with Crippen LogP contribution < -0.4 is 4.90 Å². The number of para-hydroxylation sites is 2. The highest BCUT2D eigenvalue weighted by Gasteiger charge is 2.19. The van der Waals surface area contributed by atoms with Gasteiger partial charge in [-0.1, -0.05) is 23.7 Å². The van der Waals surface area contributed by atoms with E-state index in [2.05, 4.69) is 14.9 Å². The number of hydrogen-bond acceptors (Lipinski definition) is 4. The van der Waals surface area contributed by atoms with Gasteiger partial charge in [-0.3, -0.25) is 4.79 Å². The summed E-state index contributed by atoms with van der Waals surface area (Å²) in [5.41, 5.74) is 2.48. The molecular formula is C17H16ClN5O. The first kappa shape index (κ1) is 15.0. The Hall–Kier alpha value is -2.60. The number of H-pyrrole nitrogens is 1. The summed E-state index contributed by atoms with van der Waals surface area (Å²) in [5, 5.41) is 0.560. The highest BCUT2D eigenvalue weighted by atomic mass is 35.5. The Bertz CT molecular complexity index is 853. The second-order valence-corrected chi connectivity index (χ2v) is 6.14. The van der Waals surface area contributed by atoms with Crippen LogP contribution >= 0.6 is 11.6 Å². The van der Waals surface area contributed by atoms with Gasteiger partial charge in [0, 0.05) is 26.2 Å². The minimum absolute atomic E-state index is 0.560. The Balaban J connectivity index is 1.67. The average molecular weight is 342 g/mol. The lowest BCUT2D eigenvalue weighted by Crippen LogP contribution is -2.46. The van der Waals surface area contributed by atoms with Crippen LogP contribution in [0.1, 0.15) is 0 Å². The van der Waals surface area contributed by atoms with Gasteiger partial charge in [0.05, 0.1) is 16.1 Å². The number of halogens is 1. The lowest BCUT2D eigenvalue weighted by atomic mass is 10.3. The largest absolute Gasteiger partial charge is 0.353 e. The van der Waals surface area contributed by atoms with Gasteiger partial charge in [0.1, 0.15) is 11.5 Å². The number of amides is 1. The molecule has 0 aliphatic carbocycles. The third-order valence-electron chi connectivity index (χ3n) is 4.23. The second-order valence-electron chi connectivity index (χ2n) is 5.73. The first-order chi connectivity index (χ1) is 11.7. The van der Waals surface area contributed by atoms with Gasteiger partial charge in [-0.05, 0) is 24.3 Å².